The van der Waals surface area contributed by atoms with Gasteiger partial charge in [0, 0.05) is 5.69 Å². The maximum absolute atomic E-state index is 5.90. The fraction of sp³-hybridized carbons (Fsp3) is 0.214. The summed E-state index contributed by atoms with van der Waals surface area (Å²) in [7, 11) is 0. The molecular formula is C14H14N4O2. The Labute approximate surface area is 115 Å². The van der Waals surface area contributed by atoms with Gasteiger partial charge in [0.05, 0.1) is 11.4 Å². The first kappa shape index (κ1) is 12.4. The topological polar surface area (TPSA) is 87.1 Å². The van der Waals surface area contributed by atoms with Crippen LogP contribution in [0, 0.1) is 6.92 Å². The molecule has 0 aliphatic carbocycles. The number of benzene rings is 1. The number of rotatable bonds is 3. The van der Waals surface area contributed by atoms with Crippen LogP contribution in [-0.2, 0) is 6.42 Å². The predicted octanol–water partition coefficient (Wildman–Crippen LogP) is 2.86. The van der Waals surface area contributed by atoms with Crippen LogP contribution >= 0.6 is 0 Å². The van der Waals surface area contributed by atoms with Crippen LogP contribution in [0.4, 0.5) is 5.69 Å². The van der Waals surface area contributed by atoms with Crippen LogP contribution in [0.3, 0.4) is 0 Å². The van der Waals surface area contributed by atoms with Gasteiger partial charge in [-0.1, -0.05) is 6.92 Å². The first-order valence-electron chi connectivity index (χ1n) is 6.34. The molecule has 0 bridgehead atoms. The fourth-order valence-corrected chi connectivity index (χ4v) is 2.01. The molecule has 2 aromatic heterocycles. The summed E-state index contributed by atoms with van der Waals surface area (Å²) in [5.41, 5.74) is 9.17. The number of nitrogen functional groups attached to an aromatic ring is 1. The largest absolute Gasteiger partial charge is 0.453 e. The summed E-state index contributed by atoms with van der Waals surface area (Å²) < 4.78 is 10.6. The van der Waals surface area contributed by atoms with Crippen molar-refractivity contribution >= 4 is 16.7 Å². The second-order valence-corrected chi connectivity index (χ2v) is 4.47. The molecule has 0 radical (unpaired) electrons. The molecule has 0 saturated heterocycles. The highest BCUT2D eigenvalue weighted by Gasteiger charge is 2.13. The molecule has 1 aromatic carbocycles. The Kier molecular flexibility index (Phi) is 2.98. The highest BCUT2D eigenvalue weighted by Crippen LogP contribution is 2.32. The lowest BCUT2D eigenvalue weighted by atomic mass is 10.2. The van der Waals surface area contributed by atoms with Gasteiger partial charge in [-0.3, -0.25) is 4.98 Å². The molecule has 2 N–H and O–H groups in total. The van der Waals surface area contributed by atoms with E-state index in [1.165, 1.54) is 0 Å². The van der Waals surface area contributed by atoms with Gasteiger partial charge in [0.25, 0.3) is 0 Å². The summed E-state index contributed by atoms with van der Waals surface area (Å²) in [5.74, 6) is 1.25. The van der Waals surface area contributed by atoms with Crippen LogP contribution in [0.15, 0.2) is 28.9 Å². The maximum Gasteiger partial charge on any atom is 0.179 e. The smallest absolute Gasteiger partial charge is 0.179 e. The lowest BCUT2D eigenvalue weighted by Crippen LogP contribution is -1.96. The van der Waals surface area contributed by atoms with Gasteiger partial charge in [-0.25, -0.2) is 4.63 Å². The van der Waals surface area contributed by atoms with E-state index in [1.54, 1.807) is 12.1 Å². The van der Waals surface area contributed by atoms with Crippen molar-refractivity contribution in [2.45, 2.75) is 20.3 Å². The van der Waals surface area contributed by atoms with E-state index in [1.807, 2.05) is 26.0 Å². The van der Waals surface area contributed by atoms with Crippen LogP contribution in [0.1, 0.15) is 18.3 Å². The van der Waals surface area contributed by atoms with Gasteiger partial charge < -0.3 is 10.5 Å². The number of nitrogens with two attached hydrogens (primary N) is 1. The minimum atomic E-state index is 0.501. The Morgan fingerprint density at radius 2 is 1.85 bits per heavy atom. The molecule has 0 unspecified atom stereocenters. The van der Waals surface area contributed by atoms with Crippen molar-refractivity contribution in [3.05, 3.63) is 35.7 Å². The summed E-state index contributed by atoms with van der Waals surface area (Å²) in [6, 6.07) is 7.27. The van der Waals surface area contributed by atoms with Crippen molar-refractivity contribution in [2.24, 2.45) is 0 Å². The van der Waals surface area contributed by atoms with Gasteiger partial charge in [0.1, 0.15) is 5.75 Å². The minimum Gasteiger partial charge on any atom is -0.453 e. The summed E-state index contributed by atoms with van der Waals surface area (Å²) in [4.78, 5) is 4.46. The zero-order valence-electron chi connectivity index (χ0n) is 11.3. The Morgan fingerprint density at radius 1 is 1.10 bits per heavy atom. The molecule has 102 valence electrons. The lowest BCUT2D eigenvalue weighted by Gasteiger charge is -2.10. The molecule has 6 nitrogen and oxygen atoms in total. The van der Waals surface area contributed by atoms with Crippen molar-refractivity contribution in [3.8, 4) is 11.5 Å². The summed E-state index contributed by atoms with van der Waals surface area (Å²) in [6.45, 7) is 3.98. The molecule has 0 fully saturated rings. The highest BCUT2D eigenvalue weighted by molar-refractivity contribution is 5.90. The molecule has 0 spiro atoms. The van der Waals surface area contributed by atoms with Gasteiger partial charge in [-0.15, -0.1) is 0 Å². The Bertz CT molecular complexity index is 767. The van der Waals surface area contributed by atoms with Crippen molar-refractivity contribution in [1.82, 2.24) is 15.3 Å². The zero-order chi connectivity index (χ0) is 14.1. The number of hydrogen-bond donors (Lipinski definition) is 1. The highest BCUT2D eigenvalue weighted by atomic mass is 16.6. The van der Waals surface area contributed by atoms with Crippen LogP contribution in [0.2, 0.25) is 0 Å². The van der Waals surface area contributed by atoms with Crippen LogP contribution in [0.25, 0.3) is 11.0 Å². The number of hydrogen-bond acceptors (Lipinski definition) is 6. The monoisotopic (exact) mass is 270 g/mol. The standard InChI is InChI=1S/C14H14N4O2/c1-3-10-11(6-4-8(2)16-10)19-12-7-5-9(15)13-14(12)18-20-17-13/h4-7H,3,15H2,1-2H3. The van der Waals surface area contributed by atoms with Crippen LogP contribution in [-0.4, -0.2) is 15.3 Å². The maximum atomic E-state index is 5.90. The molecule has 3 aromatic rings. The first-order chi connectivity index (χ1) is 9.69. The van der Waals surface area contributed by atoms with Crippen molar-refractivity contribution in [2.75, 3.05) is 5.73 Å². The molecule has 2 heterocycles. The van der Waals surface area contributed by atoms with E-state index in [0.717, 1.165) is 17.8 Å². The van der Waals surface area contributed by atoms with E-state index in [-0.39, 0.29) is 0 Å². The van der Waals surface area contributed by atoms with E-state index < -0.39 is 0 Å². The summed E-state index contributed by atoms with van der Waals surface area (Å²) >= 11 is 0. The number of nitrogens with zero attached hydrogens (tertiary/aromatic N) is 3. The second-order valence-electron chi connectivity index (χ2n) is 4.47. The molecule has 3 rings (SSSR count). The SMILES string of the molecule is CCc1nc(C)ccc1Oc1ccc(N)c2nonc12. The third-order valence-corrected chi connectivity index (χ3v) is 3.04. The van der Waals surface area contributed by atoms with Crippen molar-refractivity contribution < 1.29 is 9.37 Å². The fourth-order valence-electron chi connectivity index (χ4n) is 2.01. The average Bonchev–Trinajstić information content (AvgIpc) is 2.94. The Morgan fingerprint density at radius 3 is 2.65 bits per heavy atom. The molecule has 0 atom stereocenters. The lowest BCUT2D eigenvalue weighted by molar-refractivity contribution is 0.314. The van der Waals surface area contributed by atoms with Gasteiger partial charge in [-0.2, -0.15) is 0 Å². The van der Waals surface area contributed by atoms with Crippen LogP contribution in [0.5, 0.6) is 11.5 Å². The van der Waals surface area contributed by atoms with E-state index >= 15 is 0 Å². The van der Waals surface area contributed by atoms with Gasteiger partial charge in [0.15, 0.2) is 16.8 Å². The number of aryl methyl sites for hydroxylation is 2. The molecule has 0 saturated carbocycles. The molecule has 6 heteroatoms. The van der Waals surface area contributed by atoms with E-state index in [0.29, 0.717) is 28.2 Å². The molecular weight excluding hydrogens is 256 g/mol. The predicted molar refractivity (Wildman–Crippen MR) is 74.6 cm³/mol. The number of anilines is 1. The number of aromatic nitrogens is 3. The summed E-state index contributed by atoms with van der Waals surface area (Å²) in [5, 5.41) is 7.61. The van der Waals surface area contributed by atoms with Crippen molar-refractivity contribution in [3.63, 3.8) is 0 Å². The van der Waals surface area contributed by atoms with Gasteiger partial charge in [0.2, 0.25) is 0 Å². The number of pyridine rings is 1. The van der Waals surface area contributed by atoms with Crippen LogP contribution < -0.4 is 10.5 Å². The third kappa shape index (κ3) is 2.05. The normalized spacial score (nSPS) is 10.9. The van der Waals surface area contributed by atoms with E-state index in [2.05, 4.69) is 15.3 Å². The molecule has 0 aliphatic rings. The molecule has 20 heavy (non-hydrogen) atoms. The minimum absolute atomic E-state index is 0.501. The number of fused-ring (bicyclic) bond motifs is 1. The van der Waals surface area contributed by atoms with Gasteiger partial charge >= 0.3 is 0 Å². The Hall–Kier alpha value is -2.63. The molecule has 0 aliphatic heterocycles. The molecule has 0 amide bonds. The second kappa shape index (κ2) is 4.80. The Balaban J connectivity index is 2.06. The quantitative estimate of drug-likeness (QED) is 0.736. The van der Waals surface area contributed by atoms with E-state index in [4.69, 9.17) is 15.1 Å². The third-order valence-electron chi connectivity index (χ3n) is 3.04. The van der Waals surface area contributed by atoms with Gasteiger partial charge in [-0.05, 0) is 47.9 Å². The zero-order valence-corrected chi connectivity index (χ0v) is 11.3. The first-order valence-corrected chi connectivity index (χ1v) is 6.34. The summed E-state index contributed by atoms with van der Waals surface area (Å²) in [6.07, 6.45) is 0.784. The van der Waals surface area contributed by atoms with Crippen molar-refractivity contribution in [1.29, 1.82) is 0 Å². The number of ether oxygens (including phenoxy) is 1. The van der Waals surface area contributed by atoms with E-state index in [9.17, 15) is 0 Å². The average molecular weight is 270 g/mol.